The summed E-state index contributed by atoms with van der Waals surface area (Å²) in [4.78, 5) is 12.3. The van der Waals surface area contributed by atoms with E-state index in [-0.39, 0.29) is 32.8 Å². The zero-order valence-electron chi connectivity index (χ0n) is 9.86. The normalized spacial score (nSPS) is 13.8. The molecule has 0 fully saturated rings. The number of carbonyl (C=O) groups excluding carboxylic acids is 1. The van der Waals surface area contributed by atoms with Crippen molar-refractivity contribution < 1.29 is 9.53 Å². The molecule has 3 rings (SSSR count). The number of benzene rings is 2. The van der Waals surface area contributed by atoms with Crippen LogP contribution in [0.25, 0.3) is 0 Å². The molecule has 0 atom stereocenters. The molecule has 1 aliphatic rings. The first-order chi connectivity index (χ1) is 9.49. The molecule has 1 aliphatic heterocycles. The molecule has 2 aromatic rings. The van der Waals surface area contributed by atoms with Crippen molar-refractivity contribution >= 4 is 52.0 Å². The molecule has 0 amide bonds. The minimum Gasteiger partial charge on any atom is -0.618 e. The molecule has 6 heteroatoms. The van der Waals surface area contributed by atoms with Gasteiger partial charge in [-0.25, -0.2) is 0 Å². The highest BCUT2D eigenvalue weighted by Crippen LogP contribution is 2.35. The first-order valence-electron chi connectivity index (χ1n) is 5.63. The summed E-state index contributed by atoms with van der Waals surface area (Å²) < 4.78 is 0.573. The smallest absolute Gasteiger partial charge is 0.272 e. The van der Waals surface area contributed by atoms with E-state index in [2.05, 4.69) is 0 Å². The van der Waals surface area contributed by atoms with Crippen LogP contribution in [-0.2, 0) is 0 Å². The predicted molar refractivity (Wildman–Crippen MR) is 79.6 cm³/mol. The third-order valence-electron chi connectivity index (χ3n) is 3.04. The lowest BCUT2D eigenvalue weighted by Gasteiger charge is -2.02. The molecule has 0 saturated carbocycles. The Kier molecular flexibility index (Phi) is 3.21. The first kappa shape index (κ1) is 13.4. The van der Waals surface area contributed by atoms with Gasteiger partial charge >= 0.3 is 0 Å². The molecular formula is C14H6Cl3NO2. The van der Waals surface area contributed by atoms with Gasteiger partial charge in [0.15, 0.2) is 0 Å². The Morgan fingerprint density at radius 3 is 2.20 bits per heavy atom. The van der Waals surface area contributed by atoms with Gasteiger partial charge in [-0.15, -0.1) is 0 Å². The van der Waals surface area contributed by atoms with Crippen molar-refractivity contribution in [3.05, 3.63) is 67.8 Å². The molecule has 0 spiro atoms. The molecule has 0 unspecified atom stereocenters. The summed E-state index contributed by atoms with van der Waals surface area (Å²) in [5.41, 5.74) is 0.988. The monoisotopic (exact) mass is 325 g/mol. The predicted octanol–water partition coefficient (Wildman–Crippen LogP) is 4.47. The van der Waals surface area contributed by atoms with Crippen LogP contribution in [0.2, 0.25) is 15.1 Å². The number of Topliss-reactive ketones (excluding diaryl/α,β-unsaturated/α-hetero) is 1. The Hall–Kier alpha value is -1.55. The maximum Gasteiger partial charge on any atom is 0.272 e. The molecular weight excluding hydrogens is 321 g/mol. The molecule has 0 aromatic heterocycles. The largest absolute Gasteiger partial charge is 0.618 e. The van der Waals surface area contributed by atoms with Crippen LogP contribution in [0.5, 0.6) is 0 Å². The Labute approximate surface area is 129 Å². The van der Waals surface area contributed by atoms with E-state index in [0.717, 1.165) is 0 Å². The van der Waals surface area contributed by atoms with Gasteiger partial charge < -0.3 is 5.21 Å². The van der Waals surface area contributed by atoms with Gasteiger partial charge in [0.05, 0.1) is 15.6 Å². The quantitative estimate of drug-likeness (QED) is 0.573. The molecule has 0 N–H and O–H groups in total. The van der Waals surface area contributed by atoms with Crippen LogP contribution in [0.3, 0.4) is 0 Å². The van der Waals surface area contributed by atoms with Crippen molar-refractivity contribution in [2.75, 3.05) is 0 Å². The van der Waals surface area contributed by atoms with Crippen LogP contribution in [0, 0.1) is 5.21 Å². The fourth-order valence-corrected chi connectivity index (χ4v) is 2.53. The number of nitrogens with zero attached hydrogens (tertiary/aromatic N) is 1. The van der Waals surface area contributed by atoms with Gasteiger partial charge in [-0.05, 0) is 30.3 Å². The molecule has 0 radical (unpaired) electrons. The summed E-state index contributed by atoms with van der Waals surface area (Å²) in [5, 5.41) is 13.3. The van der Waals surface area contributed by atoms with Gasteiger partial charge in [0.1, 0.15) is 5.56 Å². The maximum absolute atomic E-state index is 12.3. The minimum absolute atomic E-state index is 0.0370. The van der Waals surface area contributed by atoms with Crippen molar-refractivity contribution in [3.8, 4) is 0 Å². The van der Waals surface area contributed by atoms with Crippen LogP contribution in [-0.4, -0.2) is 16.2 Å². The van der Waals surface area contributed by atoms with Crippen LogP contribution in [0.1, 0.15) is 15.9 Å². The molecule has 1 heterocycles. The number of ketones is 1. The summed E-state index contributed by atoms with van der Waals surface area (Å²) in [5.74, 6) is -0.379. The van der Waals surface area contributed by atoms with Gasteiger partial charge in [0.2, 0.25) is 5.69 Å². The number of hydrogen-bond donors (Lipinski definition) is 0. The number of halogens is 3. The van der Waals surface area contributed by atoms with Gasteiger partial charge in [0, 0.05) is 11.1 Å². The Morgan fingerprint density at radius 2 is 1.55 bits per heavy atom. The zero-order valence-corrected chi connectivity index (χ0v) is 12.1. The number of fused-ring (bicyclic) bond motifs is 1. The third-order valence-corrected chi connectivity index (χ3v) is 4.01. The Bertz CT molecular complexity index is 767. The molecule has 0 bridgehead atoms. The fourth-order valence-electron chi connectivity index (χ4n) is 2.08. The molecule has 0 saturated heterocycles. The van der Waals surface area contributed by atoms with E-state index in [9.17, 15) is 10.0 Å². The van der Waals surface area contributed by atoms with Gasteiger partial charge in [-0.2, -0.15) is 4.74 Å². The molecule has 3 nitrogen and oxygen atoms in total. The summed E-state index contributed by atoms with van der Waals surface area (Å²) >= 11 is 17.6. The fraction of sp³-hybridized carbons (Fsp3) is 0. The van der Waals surface area contributed by atoms with Crippen LogP contribution in [0.15, 0.2) is 36.4 Å². The first-order valence-corrected chi connectivity index (χ1v) is 6.76. The van der Waals surface area contributed by atoms with E-state index in [1.165, 1.54) is 12.1 Å². The second-order valence-corrected chi connectivity index (χ2v) is 5.51. The average molecular weight is 327 g/mol. The van der Waals surface area contributed by atoms with E-state index in [1.807, 2.05) is 0 Å². The summed E-state index contributed by atoms with van der Waals surface area (Å²) in [6.45, 7) is 0. The SMILES string of the molecule is O=C1C(c2ccc(Cl)cc2)=[N+]([O-])c2cc(Cl)c(Cl)cc21. The van der Waals surface area contributed by atoms with Crippen molar-refractivity contribution in [2.24, 2.45) is 0 Å². The molecule has 2 aromatic carbocycles. The molecule has 0 aliphatic carbocycles. The summed E-state index contributed by atoms with van der Waals surface area (Å²) in [6, 6.07) is 9.29. The second kappa shape index (κ2) is 4.77. The highest BCUT2D eigenvalue weighted by atomic mass is 35.5. The summed E-state index contributed by atoms with van der Waals surface area (Å²) in [6.07, 6.45) is 0. The Balaban J connectivity index is 2.19. The lowest BCUT2D eigenvalue weighted by atomic mass is 10.0. The van der Waals surface area contributed by atoms with Crippen LogP contribution >= 0.6 is 34.8 Å². The topological polar surface area (TPSA) is 43.1 Å². The van der Waals surface area contributed by atoms with E-state index in [4.69, 9.17) is 34.8 Å². The third kappa shape index (κ3) is 1.99. The molecule has 100 valence electrons. The van der Waals surface area contributed by atoms with E-state index < -0.39 is 0 Å². The summed E-state index contributed by atoms with van der Waals surface area (Å²) in [7, 11) is 0. The van der Waals surface area contributed by atoms with Gasteiger partial charge in [0.25, 0.3) is 11.5 Å². The van der Waals surface area contributed by atoms with Gasteiger partial charge in [-0.1, -0.05) is 34.8 Å². The number of hydrogen-bond acceptors (Lipinski definition) is 2. The molecule has 20 heavy (non-hydrogen) atoms. The van der Waals surface area contributed by atoms with Crippen molar-refractivity contribution in [1.82, 2.24) is 0 Å². The van der Waals surface area contributed by atoms with Gasteiger partial charge in [-0.3, -0.25) is 4.79 Å². The average Bonchev–Trinajstić information content (AvgIpc) is 2.65. The van der Waals surface area contributed by atoms with Crippen molar-refractivity contribution in [3.63, 3.8) is 0 Å². The van der Waals surface area contributed by atoms with Crippen molar-refractivity contribution in [1.29, 1.82) is 0 Å². The lowest BCUT2D eigenvalue weighted by molar-refractivity contribution is -0.355. The number of carbonyl (C=O) groups is 1. The van der Waals surface area contributed by atoms with E-state index in [1.54, 1.807) is 24.3 Å². The zero-order chi connectivity index (χ0) is 14.4. The highest BCUT2D eigenvalue weighted by molar-refractivity contribution is 6.53. The standard InChI is InChI=1S/C14H6Cl3NO2/c15-8-3-1-7(2-4-8)13-14(19)9-5-10(16)11(17)6-12(9)18(13)20/h1-6H. The minimum atomic E-state index is -0.379. The highest BCUT2D eigenvalue weighted by Gasteiger charge is 2.37. The Morgan fingerprint density at radius 1 is 0.950 bits per heavy atom. The van der Waals surface area contributed by atoms with Crippen LogP contribution in [0.4, 0.5) is 5.69 Å². The second-order valence-electron chi connectivity index (χ2n) is 4.26. The van der Waals surface area contributed by atoms with Crippen LogP contribution < -0.4 is 0 Å². The van der Waals surface area contributed by atoms with Crippen molar-refractivity contribution in [2.45, 2.75) is 0 Å². The maximum atomic E-state index is 12.3. The van der Waals surface area contributed by atoms with E-state index >= 15 is 0 Å². The van der Waals surface area contributed by atoms with E-state index in [0.29, 0.717) is 15.3 Å². The lowest BCUT2D eigenvalue weighted by Crippen LogP contribution is -2.16. The number of rotatable bonds is 1.